The van der Waals surface area contributed by atoms with Crippen LogP contribution in [0.25, 0.3) is 11.3 Å². The maximum Gasteiger partial charge on any atom is 0.490 e. The molecule has 3 rings (SSSR count). The lowest BCUT2D eigenvalue weighted by Crippen LogP contribution is -2.21. The van der Waals surface area contributed by atoms with Crippen LogP contribution in [-0.4, -0.2) is 61.6 Å². The first kappa shape index (κ1) is 30.0. The number of aliphatic carboxylic acids is 2. The second-order valence-corrected chi connectivity index (χ2v) is 6.89. The molecule has 0 aliphatic carbocycles. The molecule has 3 N–H and O–H groups in total. The van der Waals surface area contributed by atoms with Crippen molar-refractivity contribution in [1.29, 1.82) is 0 Å². The van der Waals surface area contributed by atoms with Gasteiger partial charge in [0.2, 0.25) is 0 Å². The molecule has 3 aromatic rings. The number of nitrogens with zero attached hydrogens (tertiary/aromatic N) is 3. The molecule has 15 heteroatoms. The minimum absolute atomic E-state index is 0.247. The number of halogens is 7. The topological polar surface area (TPSA) is 119 Å². The highest BCUT2D eigenvalue weighted by molar-refractivity contribution is 5.73. The minimum atomic E-state index is -5.08. The predicted molar refractivity (Wildman–Crippen MR) is 111 cm³/mol. The third kappa shape index (κ3) is 10.5. The predicted octanol–water partition coefficient (Wildman–Crippen LogP) is 4.51. The molecule has 2 heterocycles. The van der Waals surface area contributed by atoms with E-state index in [0.717, 1.165) is 23.4 Å². The maximum absolute atomic E-state index is 13.9. The Hall–Kier alpha value is -4.01. The van der Waals surface area contributed by atoms with Crippen LogP contribution in [0, 0.1) is 5.82 Å². The molecule has 0 unspecified atom stereocenters. The van der Waals surface area contributed by atoms with Gasteiger partial charge in [0, 0.05) is 36.6 Å². The summed E-state index contributed by atoms with van der Waals surface area (Å²) in [5, 5.41) is 21.2. The van der Waals surface area contributed by atoms with Crippen molar-refractivity contribution in [3.8, 4) is 11.3 Å². The van der Waals surface area contributed by atoms with Gasteiger partial charge in [0.1, 0.15) is 5.82 Å². The Labute approximate surface area is 199 Å². The lowest BCUT2D eigenvalue weighted by Gasteiger charge is -2.16. The molecule has 8 nitrogen and oxygen atoms in total. The zero-order valence-electron chi connectivity index (χ0n) is 18.3. The van der Waals surface area contributed by atoms with Gasteiger partial charge in [-0.3, -0.25) is 15.0 Å². The molecule has 0 saturated heterocycles. The van der Waals surface area contributed by atoms with Gasteiger partial charge in [0.15, 0.2) is 0 Å². The number of carbonyl (C=O) groups is 2. The van der Waals surface area contributed by atoms with Gasteiger partial charge in [0.25, 0.3) is 0 Å². The van der Waals surface area contributed by atoms with E-state index in [4.69, 9.17) is 19.8 Å². The van der Waals surface area contributed by atoms with Crippen LogP contribution in [0.5, 0.6) is 0 Å². The Balaban J connectivity index is 0.000000383. The number of benzene rings is 1. The Morgan fingerprint density at radius 2 is 1.47 bits per heavy atom. The monoisotopic (exact) mass is 524 g/mol. The molecule has 0 bridgehead atoms. The lowest BCUT2D eigenvalue weighted by molar-refractivity contribution is -0.193. The van der Waals surface area contributed by atoms with E-state index in [9.17, 15) is 30.7 Å². The summed E-state index contributed by atoms with van der Waals surface area (Å²) in [4.78, 5) is 24.1. The van der Waals surface area contributed by atoms with Crippen molar-refractivity contribution in [3.63, 3.8) is 0 Å². The summed E-state index contributed by atoms with van der Waals surface area (Å²) in [5.74, 6) is -5.76. The van der Waals surface area contributed by atoms with Gasteiger partial charge in [-0.1, -0.05) is 18.2 Å². The van der Waals surface area contributed by atoms with Crippen molar-refractivity contribution in [2.24, 2.45) is 0 Å². The van der Waals surface area contributed by atoms with Crippen LogP contribution in [0.3, 0.4) is 0 Å². The van der Waals surface area contributed by atoms with E-state index in [0.29, 0.717) is 12.1 Å². The van der Waals surface area contributed by atoms with Gasteiger partial charge in [0.05, 0.1) is 11.9 Å². The number of hydrogen-bond acceptors (Lipinski definition) is 5. The van der Waals surface area contributed by atoms with Crippen molar-refractivity contribution in [1.82, 2.24) is 20.1 Å². The Morgan fingerprint density at radius 1 is 0.917 bits per heavy atom. The van der Waals surface area contributed by atoms with Crippen LogP contribution in [-0.2, 0) is 22.7 Å². The molecule has 0 amide bonds. The van der Waals surface area contributed by atoms with Gasteiger partial charge in [-0.2, -0.15) is 31.4 Å². The standard InChI is InChI=1S/C17H17FN4.2C2HF3O2/c1-22(11-13-5-4-8-19-9-13)12-14-10-20-21-17(14)15-6-2-3-7-16(15)18;2*3-2(4,5)1(6)7/h2-10H,11-12H2,1H3,(H,20,21);2*(H,6,7). The fraction of sp³-hybridized carbons (Fsp3) is 0.238. The van der Waals surface area contributed by atoms with Gasteiger partial charge in [-0.05, 0) is 30.8 Å². The van der Waals surface area contributed by atoms with Crippen LogP contribution >= 0.6 is 0 Å². The molecule has 0 aliphatic rings. The number of alkyl halides is 6. The van der Waals surface area contributed by atoms with Gasteiger partial charge in [-0.25, -0.2) is 14.0 Å². The average Bonchev–Trinajstić information content (AvgIpc) is 3.22. The largest absolute Gasteiger partial charge is 0.490 e. The van der Waals surface area contributed by atoms with E-state index in [1.54, 1.807) is 24.5 Å². The molecule has 1 aromatic carbocycles. The van der Waals surface area contributed by atoms with E-state index >= 15 is 0 Å². The molecule has 0 atom stereocenters. The highest BCUT2D eigenvalue weighted by Crippen LogP contribution is 2.25. The Kier molecular flexibility index (Phi) is 11.0. The Bertz CT molecular complexity index is 1100. The minimum Gasteiger partial charge on any atom is -0.475 e. The van der Waals surface area contributed by atoms with Crippen LogP contribution in [0.1, 0.15) is 11.1 Å². The van der Waals surface area contributed by atoms with Crippen LogP contribution in [0.4, 0.5) is 30.7 Å². The molecule has 0 radical (unpaired) electrons. The van der Waals surface area contributed by atoms with E-state index in [1.807, 2.05) is 31.4 Å². The van der Waals surface area contributed by atoms with E-state index < -0.39 is 24.3 Å². The quantitative estimate of drug-likeness (QED) is 0.420. The first-order valence-corrected chi connectivity index (χ1v) is 9.57. The number of hydrogen-bond donors (Lipinski definition) is 3. The molecule has 0 spiro atoms. The molecule has 2 aromatic heterocycles. The number of nitrogens with one attached hydrogen (secondary N) is 1. The fourth-order valence-electron chi connectivity index (χ4n) is 2.48. The Morgan fingerprint density at radius 3 is 1.94 bits per heavy atom. The second kappa shape index (κ2) is 13.2. The highest BCUT2D eigenvalue weighted by atomic mass is 19.4. The third-order valence-electron chi connectivity index (χ3n) is 3.96. The smallest absolute Gasteiger partial charge is 0.475 e. The highest BCUT2D eigenvalue weighted by Gasteiger charge is 2.38. The number of aromatic nitrogens is 3. The first-order chi connectivity index (χ1) is 16.6. The van der Waals surface area contributed by atoms with Crippen molar-refractivity contribution < 1.29 is 50.5 Å². The van der Waals surface area contributed by atoms with E-state index in [1.165, 1.54) is 6.07 Å². The summed E-state index contributed by atoms with van der Waals surface area (Å²) in [6, 6.07) is 10.7. The first-order valence-electron chi connectivity index (χ1n) is 9.57. The van der Waals surface area contributed by atoms with Crippen LogP contribution < -0.4 is 0 Å². The molecule has 196 valence electrons. The van der Waals surface area contributed by atoms with Crippen molar-refractivity contribution in [2.45, 2.75) is 25.4 Å². The number of rotatable bonds is 5. The number of carboxylic acid groups (broad SMARTS) is 2. The van der Waals surface area contributed by atoms with Crippen LogP contribution in [0.15, 0.2) is 55.0 Å². The summed E-state index contributed by atoms with van der Waals surface area (Å²) in [5.41, 5.74) is 3.39. The average molecular weight is 524 g/mol. The third-order valence-corrected chi connectivity index (χ3v) is 3.96. The van der Waals surface area contributed by atoms with Crippen LogP contribution in [0.2, 0.25) is 0 Å². The zero-order valence-corrected chi connectivity index (χ0v) is 18.3. The van der Waals surface area contributed by atoms with Crippen molar-refractivity contribution in [3.05, 3.63) is 71.9 Å². The summed E-state index contributed by atoms with van der Waals surface area (Å²) in [7, 11) is 2.02. The molecule has 0 fully saturated rings. The molecule has 36 heavy (non-hydrogen) atoms. The fourth-order valence-corrected chi connectivity index (χ4v) is 2.48. The van der Waals surface area contributed by atoms with E-state index in [-0.39, 0.29) is 5.82 Å². The number of pyridine rings is 1. The summed E-state index contributed by atoms with van der Waals surface area (Å²) >= 11 is 0. The molecule has 0 saturated carbocycles. The second-order valence-electron chi connectivity index (χ2n) is 6.89. The number of H-pyrrole nitrogens is 1. The van der Waals surface area contributed by atoms with Crippen molar-refractivity contribution >= 4 is 11.9 Å². The summed E-state index contributed by atoms with van der Waals surface area (Å²) < 4.78 is 77.4. The molecule has 0 aliphatic heterocycles. The zero-order chi connectivity index (χ0) is 27.5. The van der Waals surface area contributed by atoms with E-state index in [2.05, 4.69) is 20.1 Å². The molecular formula is C21H19F7N4O4. The SMILES string of the molecule is CN(Cc1cccnc1)Cc1cn[nH]c1-c1ccccc1F.O=C(O)C(F)(F)F.O=C(O)C(F)(F)F. The summed E-state index contributed by atoms with van der Waals surface area (Å²) in [6.45, 7) is 1.45. The summed E-state index contributed by atoms with van der Waals surface area (Å²) in [6.07, 6.45) is -4.80. The molecular weight excluding hydrogens is 505 g/mol. The maximum atomic E-state index is 13.9. The normalized spacial score (nSPS) is 11.1. The van der Waals surface area contributed by atoms with Crippen molar-refractivity contribution in [2.75, 3.05) is 7.05 Å². The number of aromatic amines is 1. The van der Waals surface area contributed by atoms with Gasteiger partial charge < -0.3 is 10.2 Å². The number of carboxylic acids is 2. The lowest BCUT2D eigenvalue weighted by atomic mass is 10.1. The van der Waals surface area contributed by atoms with Gasteiger partial charge in [-0.15, -0.1) is 0 Å². The van der Waals surface area contributed by atoms with Gasteiger partial charge >= 0.3 is 24.3 Å².